The molecule has 0 radical (unpaired) electrons. The quantitative estimate of drug-likeness (QED) is 0.771. The monoisotopic (exact) mass is 206 g/mol. The fourth-order valence-corrected chi connectivity index (χ4v) is 2.11. The van der Waals surface area contributed by atoms with Crippen LogP contribution < -0.4 is 0 Å². The van der Waals surface area contributed by atoms with Crippen molar-refractivity contribution in [3.63, 3.8) is 0 Å². The summed E-state index contributed by atoms with van der Waals surface area (Å²) in [6.07, 6.45) is 6.59. The number of halogens is 1. The highest BCUT2D eigenvalue weighted by molar-refractivity contribution is 5.85. The van der Waals surface area contributed by atoms with Crippen LogP contribution in [0.2, 0.25) is 0 Å². The molecule has 0 aromatic carbocycles. The van der Waals surface area contributed by atoms with Gasteiger partial charge in [-0.05, 0) is 31.6 Å². The smallest absolute Gasteiger partial charge is 0.306 e. The van der Waals surface area contributed by atoms with Gasteiger partial charge < -0.3 is 5.11 Å². The molecule has 1 N–H and O–H groups in total. The summed E-state index contributed by atoms with van der Waals surface area (Å²) < 4.78 is 0. The summed E-state index contributed by atoms with van der Waals surface area (Å²) in [5.41, 5.74) is 0. The summed E-state index contributed by atoms with van der Waals surface area (Å²) in [6, 6.07) is 0. The third-order valence-electron chi connectivity index (χ3n) is 2.89. The predicted octanol–water partition coefficient (Wildman–Crippen LogP) is 3.10. The van der Waals surface area contributed by atoms with E-state index in [1.165, 1.54) is 12.8 Å². The normalized spacial score (nSPS) is 27.8. The van der Waals surface area contributed by atoms with Crippen LogP contribution in [-0.2, 0) is 4.79 Å². The Bertz CT molecular complexity index is 151. The minimum atomic E-state index is -0.593. The Labute approximate surface area is 86.1 Å². The Kier molecular flexibility index (Phi) is 6.13. The molecule has 1 aliphatic rings. The standard InChI is InChI=1S/C10H18O2.ClH/c1-2-3-8-4-6-9(7-5-8)10(11)12;/h8-9H,2-7H2,1H3,(H,11,12);1H. The van der Waals surface area contributed by atoms with E-state index in [-0.39, 0.29) is 18.3 Å². The van der Waals surface area contributed by atoms with Crippen molar-refractivity contribution in [2.75, 3.05) is 0 Å². The molecule has 3 heteroatoms. The van der Waals surface area contributed by atoms with E-state index in [2.05, 4.69) is 6.92 Å². The first-order valence-corrected chi connectivity index (χ1v) is 4.96. The van der Waals surface area contributed by atoms with E-state index in [9.17, 15) is 4.79 Å². The molecule has 0 atom stereocenters. The van der Waals surface area contributed by atoms with Crippen molar-refractivity contribution in [2.24, 2.45) is 11.8 Å². The topological polar surface area (TPSA) is 37.3 Å². The van der Waals surface area contributed by atoms with Crippen LogP contribution in [0.4, 0.5) is 0 Å². The van der Waals surface area contributed by atoms with Gasteiger partial charge in [-0.15, -0.1) is 12.4 Å². The van der Waals surface area contributed by atoms with Crippen LogP contribution in [0, 0.1) is 11.8 Å². The number of aliphatic carboxylic acids is 1. The minimum absolute atomic E-state index is 0. The lowest BCUT2D eigenvalue weighted by Crippen LogP contribution is -2.21. The number of carboxylic acid groups (broad SMARTS) is 1. The summed E-state index contributed by atoms with van der Waals surface area (Å²) in [6.45, 7) is 2.20. The van der Waals surface area contributed by atoms with Gasteiger partial charge in [-0.3, -0.25) is 4.79 Å². The van der Waals surface area contributed by atoms with Crippen LogP contribution in [0.25, 0.3) is 0 Å². The van der Waals surface area contributed by atoms with Crippen LogP contribution >= 0.6 is 12.4 Å². The lowest BCUT2D eigenvalue weighted by Gasteiger charge is -2.25. The first-order chi connectivity index (χ1) is 5.74. The molecule has 1 aliphatic carbocycles. The Morgan fingerprint density at radius 2 is 1.85 bits per heavy atom. The molecule has 0 unspecified atom stereocenters. The average Bonchev–Trinajstić information content (AvgIpc) is 2.06. The van der Waals surface area contributed by atoms with Crippen molar-refractivity contribution in [2.45, 2.75) is 45.4 Å². The second kappa shape index (κ2) is 6.25. The second-order valence-electron chi connectivity index (χ2n) is 3.84. The zero-order valence-electron chi connectivity index (χ0n) is 8.16. The molecule has 0 spiro atoms. The van der Waals surface area contributed by atoms with Crippen molar-refractivity contribution in [1.29, 1.82) is 0 Å². The summed E-state index contributed by atoms with van der Waals surface area (Å²) in [5.74, 6) is 0.175. The molecule has 0 aromatic heterocycles. The molecule has 0 amide bonds. The summed E-state index contributed by atoms with van der Waals surface area (Å²) in [7, 11) is 0. The van der Waals surface area contributed by atoms with Gasteiger partial charge in [-0.2, -0.15) is 0 Å². The van der Waals surface area contributed by atoms with Crippen LogP contribution in [0.1, 0.15) is 45.4 Å². The van der Waals surface area contributed by atoms with E-state index >= 15 is 0 Å². The third kappa shape index (κ3) is 3.99. The van der Waals surface area contributed by atoms with Crippen molar-refractivity contribution in [3.05, 3.63) is 0 Å². The Morgan fingerprint density at radius 1 is 1.31 bits per heavy atom. The number of hydrogen-bond acceptors (Lipinski definition) is 1. The first-order valence-electron chi connectivity index (χ1n) is 4.96. The van der Waals surface area contributed by atoms with E-state index in [1.807, 2.05) is 0 Å². The number of carboxylic acids is 1. The number of rotatable bonds is 3. The van der Waals surface area contributed by atoms with E-state index in [0.29, 0.717) is 0 Å². The van der Waals surface area contributed by atoms with Crippen LogP contribution in [-0.4, -0.2) is 11.1 Å². The van der Waals surface area contributed by atoms with Gasteiger partial charge in [0.25, 0.3) is 0 Å². The zero-order valence-corrected chi connectivity index (χ0v) is 8.98. The highest BCUT2D eigenvalue weighted by Gasteiger charge is 2.24. The van der Waals surface area contributed by atoms with E-state index < -0.39 is 5.97 Å². The van der Waals surface area contributed by atoms with Gasteiger partial charge >= 0.3 is 5.97 Å². The lowest BCUT2D eigenvalue weighted by atomic mass is 9.80. The zero-order chi connectivity index (χ0) is 8.97. The summed E-state index contributed by atoms with van der Waals surface area (Å²) in [4.78, 5) is 10.6. The average molecular weight is 207 g/mol. The molecule has 1 fully saturated rings. The van der Waals surface area contributed by atoms with Gasteiger partial charge in [-0.25, -0.2) is 0 Å². The highest BCUT2D eigenvalue weighted by Crippen LogP contribution is 2.31. The van der Waals surface area contributed by atoms with Crippen LogP contribution in [0.5, 0.6) is 0 Å². The largest absolute Gasteiger partial charge is 0.481 e. The molecular formula is C10H19ClO2. The highest BCUT2D eigenvalue weighted by atomic mass is 35.5. The van der Waals surface area contributed by atoms with E-state index in [1.54, 1.807) is 0 Å². The van der Waals surface area contributed by atoms with Crippen molar-refractivity contribution < 1.29 is 9.90 Å². The minimum Gasteiger partial charge on any atom is -0.481 e. The van der Waals surface area contributed by atoms with Crippen molar-refractivity contribution >= 4 is 18.4 Å². The van der Waals surface area contributed by atoms with Crippen LogP contribution in [0.3, 0.4) is 0 Å². The molecule has 1 rings (SSSR count). The Balaban J connectivity index is 0.00000144. The molecule has 1 saturated carbocycles. The predicted molar refractivity (Wildman–Crippen MR) is 55.2 cm³/mol. The number of hydrogen-bond donors (Lipinski definition) is 1. The van der Waals surface area contributed by atoms with Gasteiger partial charge in [0.2, 0.25) is 0 Å². The first kappa shape index (κ1) is 12.8. The lowest BCUT2D eigenvalue weighted by molar-refractivity contribution is -0.143. The Morgan fingerprint density at radius 3 is 2.23 bits per heavy atom. The van der Waals surface area contributed by atoms with Gasteiger partial charge in [-0.1, -0.05) is 19.8 Å². The molecule has 78 valence electrons. The molecule has 0 heterocycles. The Hall–Kier alpha value is -0.240. The van der Waals surface area contributed by atoms with E-state index in [0.717, 1.165) is 31.6 Å². The fraction of sp³-hybridized carbons (Fsp3) is 0.900. The van der Waals surface area contributed by atoms with Gasteiger partial charge in [0.05, 0.1) is 5.92 Å². The molecular weight excluding hydrogens is 188 g/mol. The maximum Gasteiger partial charge on any atom is 0.306 e. The maximum absolute atomic E-state index is 10.6. The van der Waals surface area contributed by atoms with Gasteiger partial charge in [0.1, 0.15) is 0 Å². The third-order valence-corrected chi connectivity index (χ3v) is 2.89. The van der Waals surface area contributed by atoms with Crippen molar-refractivity contribution in [1.82, 2.24) is 0 Å². The maximum atomic E-state index is 10.6. The molecule has 0 bridgehead atoms. The number of carbonyl (C=O) groups is 1. The van der Waals surface area contributed by atoms with E-state index in [4.69, 9.17) is 5.11 Å². The molecule has 0 aromatic rings. The molecule has 13 heavy (non-hydrogen) atoms. The van der Waals surface area contributed by atoms with Crippen molar-refractivity contribution in [3.8, 4) is 0 Å². The SMILES string of the molecule is CCCC1CCC(C(=O)O)CC1.Cl. The second-order valence-corrected chi connectivity index (χ2v) is 3.84. The van der Waals surface area contributed by atoms with Gasteiger partial charge in [0.15, 0.2) is 0 Å². The molecule has 0 aliphatic heterocycles. The van der Waals surface area contributed by atoms with Gasteiger partial charge in [0, 0.05) is 0 Å². The fourth-order valence-electron chi connectivity index (χ4n) is 2.11. The summed E-state index contributed by atoms with van der Waals surface area (Å²) >= 11 is 0. The molecule has 0 saturated heterocycles. The van der Waals surface area contributed by atoms with Crippen LogP contribution in [0.15, 0.2) is 0 Å². The summed E-state index contributed by atoms with van der Waals surface area (Å²) in [5, 5.41) is 8.75. The molecule has 2 nitrogen and oxygen atoms in total.